The van der Waals surface area contributed by atoms with Crippen LogP contribution in [0, 0.1) is 5.92 Å². The lowest BCUT2D eigenvalue weighted by Gasteiger charge is -2.15. The Morgan fingerprint density at radius 2 is 1.74 bits per heavy atom. The highest BCUT2D eigenvalue weighted by molar-refractivity contribution is 5.84. The first-order valence-corrected chi connectivity index (χ1v) is 8.21. The van der Waals surface area contributed by atoms with Gasteiger partial charge in [-0.3, -0.25) is 9.59 Å². The fourth-order valence-corrected chi connectivity index (χ4v) is 1.94. The zero-order valence-corrected chi connectivity index (χ0v) is 14.5. The van der Waals surface area contributed by atoms with E-state index in [9.17, 15) is 9.59 Å². The zero-order valence-electron chi connectivity index (χ0n) is 14.5. The monoisotopic (exact) mass is 320 g/mol. The van der Waals surface area contributed by atoms with Gasteiger partial charge in [0.15, 0.2) is 0 Å². The van der Waals surface area contributed by atoms with Gasteiger partial charge in [-0.2, -0.15) is 0 Å². The minimum Gasteiger partial charge on any atom is -0.494 e. The molecule has 0 saturated heterocycles. The second kappa shape index (κ2) is 9.87. The van der Waals surface area contributed by atoms with E-state index in [4.69, 9.17) is 4.74 Å². The van der Waals surface area contributed by atoms with Crippen molar-refractivity contribution in [2.24, 2.45) is 5.92 Å². The summed E-state index contributed by atoms with van der Waals surface area (Å²) in [5.41, 5.74) is 0.997. The Morgan fingerprint density at radius 1 is 1.09 bits per heavy atom. The van der Waals surface area contributed by atoms with E-state index in [2.05, 4.69) is 24.5 Å². The van der Waals surface area contributed by atoms with E-state index in [1.165, 1.54) is 0 Å². The first-order valence-electron chi connectivity index (χ1n) is 8.21. The Kier molecular flexibility index (Phi) is 8.16. The molecule has 5 nitrogen and oxygen atoms in total. The van der Waals surface area contributed by atoms with E-state index in [0.717, 1.165) is 17.7 Å². The standard InChI is InChI=1S/C18H28N2O3/c1-5-17(21)19-12-18(22)20-14(4)15-6-8-16(9-7-15)23-11-10-13(2)3/h6-9,13-14H,5,10-12H2,1-4H3,(H,19,21)(H,20,22). The van der Waals surface area contributed by atoms with Crippen molar-refractivity contribution in [1.82, 2.24) is 10.6 Å². The molecular formula is C18H28N2O3. The van der Waals surface area contributed by atoms with Crippen LogP contribution in [0.2, 0.25) is 0 Å². The van der Waals surface area contributed by atoms with Crippen molar-refractivity contribution < 1.29 is 14.3 Å². The molecule has 0 aromatic heterocycles. The predicted octanol–water partition coefficient (Wildman–Crippen LogP) is 2.81. The molecule has 1 rings (SSSR count). The van der Waals surface area contributed by atoms with Crippen LogP contribution in [0.1, 0.15) is 52.1 Å². The van der Waals surface area contributed by atoms with Gasteiger partial charge in [-0.25, -0.2) is 0 Å². The van der Waals surface area contributed by atoms with Gasteiger partial charge < -0.3 is 15.4 Å². The van der Waals surface area contributed by atoms with Gasteiger partial charge in [-0.1, -0.05) is 32.9 Å². The lowest BCUT2D eigenvalue weighted by molar-refractivity contribution is -0.126. The second-order valence-electron chi connectivity index (χ2n) is 6.02. The van der Waals surface area contributed by atoms with Crippen LogP contribution in [0.15, 0.2) is 24.3 Å². The number of hydrogen-bond acceptors (Lipinski definition) is 3. The van der Waals surface area contributed by atoms with Crippen LogP contribution in [0.5, 0.6) is 5.75 Å². The number of nitrogens with one attached hydrogen (secondary N) is 2. The van der Waals surface area contributed by atoms with Crippen LogP contribution in [0.3, 0.4) is 0 Å². The Labute approximate surface area is 138 Å². The summed E-state index contributed by atoms with van der Waals surface area (Å²) in [6, 6.07) is 7.60. The van der Waals surface area contributed by atoms with Crippen molar-refractivity contribution in [3.8, 4) is 5.75 Å². The maximum absolute atomic E-state index is 11.8. The van der Waals surface area contributed by atoms with Gasteiger partial charge in [0.1, 0.15) is 5.75 Å². The average molecular weight is 320 g/mol. The summed E-state index contributed by atoms with van der Waals surface area (Å²) in [4.78, 5) is 22.9. The maximum Gasteiger partial charge on any atom is 0.239 e. The van der Waals surface area contributed by atoms with E-state index >= 15 is 0 Å². The van der Waals surface area contributed by atoms with E-state index in [1.807, 2.05) is 31.2 Å². The van der Waals surface area contributed by atoms with E-state index in [-0.39, 0.29) is 24.4 Å². The molecule has 2 N–H and O–H groups in total. The van der Waals surface area contributed by atoms with Crippen molar-refractivity contribution in [2.75, 3.05) is 13.2 Å². The summed E-state index contributed by atoms with van der Waals surface area (Å²) in [6.07, 6.45) is 1.40. The SMILES string of the molecule is CCC(=O)NCC(=O)NC(C)c1ccc(OCCC(C)C)cc1. The summed E-state index contributed by atoms with van der Waals surface area (Å²) in [5.74, 6) is 1.13. The van der Waals surface area contributed by atoms with Crippen LogP contribution in [-0.2, 0) is 9.59 Å². The lowest BCUT2D eigenvalue weighted by Crippen LogP contribution is -2.37. The normalized spacial score (nSPS) is 11.9. The highest BCUT2D eigenvalue weighted by atomic mass is 16.5. The van der Waals surface area contributed by atoms with Crippen molar-refractivity contribution in [3.05, 3.63) is 29.8 Å². The smallest absolute Gasteiger partial charge is 0.239 e. The van der Waals surface area contributed by atoms with E-state index in [1.54, 1.807) is 6.92 Å². The third-order valence-corrected chi connectivity index (χ3v) is 3.49. The molecule has 0 spiro atoms. The van der Waals surface area contributed by atoms with Gasteiger partial charge in [-0.15, -0.1) is 0 Å². The average Bonchev–Trinajstić information content (AvgIpc) is 2.52. The number of amides is 2. The first kappa shape index (κ1) is 19.0. The zero-order chi connectivity index (χ0) is 17.2. The van der Waals surface area contributed by atoms with Crippen molar-refractivity contribution in [3.63, 3.8) is 0 Å². The van der Waals surface area contributed by atoms with Gasteiger partial charge in [0, 0.05) is 6.42 Å². The molecule has 1 atom stereocenters. The largest absolute Gasteiger partial charge is 0.494 e. The Bertz CT molecular complexity index is 497. The number of hydrogen-bond donors (Lipinski definition) is 2. The molecule has 0 aliphatic rings. The molecule has 1 unspecified atom stereocenters. The maximum atomic E-state index is 11.8. The molecule has 1 aromatic carbocycles. The number of rotatable bonds is 9. The minimum absolute atomic E-state index is 0.00735. The Balaban J connectivity index is 2.42. The van der Waals surface area contributed by atoms with Crippen LogP contribution >= 0.6 is 0 Å². The van der Waals surface area contributed by atoms with Crippen LogP contribution in [-0.4, -0.2) is 25.0 Å². The molecule has 0 fully saturated rings. The molecule has 0 heterocycles. The van der Waals surface area contributed by atoms with Crippen LogP contribution in [0.4, 0.5) is 0 Å². The van der Waals surface area contributed by atoms with Crippen molar-refractivity contribution in [1.29, 1.82) is 0 Å². The topological polar surface area (TPSA) is 67.4 Å². The molecule has 23 heavy (non-hydrogen) atoms. The summed E-state index contributed by atoms with van der Waals surface area (Å²) < 4.78 is 5.68. The molecule has 128 valence electrons. The summed E-state index contributed by atoms with van der Waals surface area (Å²) in [6.45, 7) is 8.71. The Morgan fingerprint density at radius 3 is 2.30 bits per heavy atom. The van der Waals surface area contributed by atoms with E-state index in [0.29, 0.717) is 18.9 Å². The summed E-state index contributed by atoms with van der Waals surface area (Å²) in [7, 11) is 0. The van der Waals surface area contributed by atoms with Gasteiger partial charge in [0.05, 0.1) is 19.2 Å². The summed E-state index contributed by atoms with van der Waals surface area (Å²) in [5, 5.41) is 5.42. The Hall–Kier alpha value is -2.04. The minimum atomic E-state index is -0.198. The lowest BCUT2D eigenvalue weighted by atomic mass is 10.1. The number of carbonyl (C=O) groups excluding carboxylic acids is 2. The molecule has 1 aromatic rings. The number of carbonyl (C=O) groups is 2. The van der Waals surface area contributed by atoms with Gasteiger partial charge in [0.25, 0.3) is 0 Å². The molecule has 0 bridgehead atoms. The van der Waals surface area contributed by atoms with Gasteiger partial charge in [0.2, 0.25) is 11.8 Å². The van der Waals surface area contributed by atoms with Crippen LogP contribution < -0.4 is 15.4 Å². The molecule has 2 amide bonds. The molecule has 0 saturated carbocycles. The molecular weight excluding hydrogens is 292 g/mol. The highest BCUT2D eigenvalue weighted by Gasteiger charge is 2.10. The molecule has 0 aliphatic heterocycles. The molecule has 0 aliphatic carbocycles. The first-order chi connectivity index (χ1) is 10.9. The third kappa shape index (κ3) is 7.68. The molecule has 0 radical (unpaired) electrons. The predicted molar refractivity (Wildman–Crippen MR) is 91.3 cm³/mol. The third-order valence-electron chi connectivity index (χ3n) is 3.49. The summed E-state index contributed by atoms with van der Waals surface area (Å²) >= 11 is 0. The quantitative estimate of drug-likeness (QED) is 0.735. The second-order valence-corrected chi connectivity index (χ2v) is 6.02. The van der Waals surface area contributed by atoms with Crippen LogP contribution in [0.25, 0.3) is 0 Å². The van der Waals surface area contributed by atoms with Crippen molar-refractivity contribution in [2.45, 2.75) is 46.6 Å². The van der Waals surface area contributed by atoms with Crippen molar-refractivity contribution >= 4 is 11.8 Å². The fraction of sp³-hybridized carbons (Fsp3) is 0.556. The highest BCUT2D eigenvalue weighted by Crippen LogP contribution is 2.18. The van der Waals surface area contributed by atoms with Gasteiger partial charge in [-0.05, 0) is 37.0 Å². The van der Waals surface area contributed by atoms with E-state index < -0.39 is 0 Å². The molecule has 5 heteroatoms. The number of benzene rings is 1. The fourth-order valence-electron chi connectivity index (χ4n) is 1.94. The van der Waals surface area contributed by atoms with Gasteiger partial charge >= 0.3 is 0 Å². The number of ether oxygens (including phenoxy) is 1.